The van der Waals surface area contributed by atoms with Gasteiger partial charge in [0.15, 0.2) is 0 Å². The van der Waals surface area contributed by atoms with Gasteiger partial charge in [0.25, 0.3) is 0 Å². The number of methoxy groups -OCH3 is 1. The molecule has 112 valence electrons. The third-order valence-corrected chi connectivity index (χ3v) is 4.54. The van der Waals surface area contributed by atoms with E-state index in [1.54, 1.807) is 7.11 Å². The lowest BCUT2D eigenvalue weighted by Gasteiger charge is -2.35. The molecule has 0 spiro atoms. The molecule has 0 bridgehead atoms. The molecule has 0 aliphatic carbocycles. The average Bonchev–Trinajstić information content (AvgIpc) is 2.52. The van der Waals surface area contributed by atoms with E-state index < -0.39 is 0 Å². The fraction of sp³-hybridized carbons (Fsp3) is 0.500. The smallest absolute Gasteiger partial charge is 0.0734 e. The summed E-state index contributed by atoms with van der Waals surface area (Å²) in [6.07, 6.45) is 5.74. The normalized spacial score (nSPS) is 20.0. The molecule has 0 saturated carbocycles. The fourth-order valence-electron chi connectivity index (χ4n) is 3.38. The summed E-state index contributed by atoms with van der Waals surface area (Å²) in [7, 11) is 1.80. The summed E-state index contributed by atoms with van der Waals surface area (Å²) in [5.41, 5.74) is 3.77. The number of aromatic nitrogens is 1. The zero-order valence-electron chi connectivity index (χ0n) is 13.0. The van der Waals surface area contributed by atoms with Crippen molar-refractivity contribution in [3.8, 4) is 0 Å². The molecule has 0 N–H and O–H groups in total. The summed E-state index contributed by atoms with van der Waals surface area (Å²) >= 11 is 0. The van der Waals surface area contributed by atoms with Gasteiger partial charge in [-0.1, -0.05) is 24.6 Å². The maximum atomic E-state index is 5.40. The minimum Gasteiger partial charge on any atom is -0.383 e. The van der Waals surface area contributed by atoms with Crippen LogP contribution in [0.4, 0.5) is 0 Å². The molecule has 1 aromatic heterocycles. The molecule has 2 aromatic rings. The topological polar surface area (TPSA) is 25.4 Å². The largest absolute Gasteiger partial charge is 0.383 e. The Morgan fingerprint density at radius 1 is 1.29 bits per heavy atom. The van der Waals surface area contributed by atoms with E-state index in [4.69, 9.17) is 4.74 Å². The third-order valence-electron chi connectivity index (χ3n) is 4.54. The van der Waals surface area contributed by atoms with Crippen LogP contribution in [0.15, 0.2) is 30.5 Å². The second-order valence-corrected chi connectivity index (χ2v) is 6.02. The predicted octanol–water partition coefficient (Wildman–Crippen LogP) is 3.54. The van der Waals surface area contributed by atoms with Crippen molar-refractivity contribution in [2.75, 3.05) is 20.3 Å². The Morgan fingerprint density at radius 3 is 3.05 bits per heavy atom. The second-order valence-electron chi connectivity index (χ2n) is 6.02. The van der Waals surface area contributed by atoms with Crippen LogP contribution in [0, 0.1) is 6.92 Å². The molecule has 1 aliphatic heterocycles. The van der Waals surface area contributed by atoms with Crippen molar-refractivity contribution < 1.29 is 4.74 Å². The first-order chi connectivity index (χ1) is 10.3. The van der Waals surface area contributed by atoms with Gasteiger partial charge >= 0.3 is 0 Å². The van der Waals surface area contributed by atoms with Crippen molar-refractivity contribution in [3.05, 3.63) is 41.6 Å². The summed E-state index contributed by atoms with van der Waals surface area (Å²) in [5, 5.41) is 1.29. The SMILES string of the molecule is COC[C@H]1CCCCN1Cc1ccc(C)c2ncccc12. The average molecular weight is 284 g/mol. The number of nitrogens with zero attached hydrogens (tertiary/aromatic N) is 2. The van der Waals surface area contributed by atoms with E-state index in [1.165, 1.54) is 42.3 Å². The van der Waals surface area contributed by atoms with E-state index in [-0.39, 0.29) is 0 Å². The number of piperidine rings is 1. The molecule has 1 aromatic carbocycles. The number of aryl methyl sites for hydroxylation is 1. The summed E-state index contributed by atoms with van der Waals surface area (Å²) in [6.45, 7) is 5.13. The number of pyridine rings is 1. The van der Waals surface area contributed by atoms with E-state index in [9.17, 15) is 0 Å². The zero-order chi connectivity index (χ0) is 14.7. The third kappa shape index (κ3) is 3.09. The number of likely N-dealkylation sites (tertiary alicyclic amines) is 1. The Hall–Kier alpha value is -1.45. The number of rotatable bonds is 4. The highest BCUT2D eigenvalue weighted by molar-refractivity contribution is 5.84. The summed E-state index contributed by atoms with van der Waals surface area (Å²) < 4.78 is 5.40. The summed E-state index contributed by atoms with van der Waals surface area (Å²) in [4.78, 5) is 7.12. The molecule has 3 heteroatoms. The van der Waals surface area contributed by atoms with Gasteiger partial charge in [0.1, 0.15) is 0 Å². The number of benzene rings is 1. The quantitative estimate of drug-likeness (QED) is 0.858. The highest BCUT2D eigenvalue weighted by atomic mass is 16.5. The molecule has 2 heterocycles. The van der Waals surface area contributed by atoms with Crippen LogP contribution >= 0.6 is 0 Å². The Balaban J connectivity index is 1.88. The highest BCUT2D eigenvalue weighted by Gasteiger charge is 2.22. The van der Waals surface area contributed by atoms with Crippen LogP contribution < -0.4 is 0 Å². The molecule has 21 heavy (non-hydrogen) atoms. The second kappa shape index (κ2) is 6.54. The van der Waals surface area contributed by atoms with E-state index in [1.807, 2.05) is 12.3 Å². The van der Waals surface area contributed by atoms with Gasteiger partial charge in [0.05, 0.1) is 12.1 Å². The molecule has 3 rings (SSSR count). The first kappa shape index (κ1) is 14.5. The molecule has 1 fully saturated rings. The van der Waals surface area contributed by atoms with Gasteiger partial charge in [-0.05, 0) is 43.5 Å². The van der Waals surface area contributed by atoms with Crippen molar-refractivity contribution >= 4 is 10.9 Å². The van der Waals surface area contributed by atoms with Gasteiger partial charge in [-0.15, -0.1) is 0 Å². The van der Waals surface area contributed by atoms with Crippen molar-refractivity contribution in [1.82, 2.24) is 9.88 Å². The molecule has 0 amide bonds. The van der Waals surface area contributed by atoms with E-state index in [0.717, 1.165) is 18.7 Å². The molecule has 0 radical (unpaired) electrons. The summed E-state index contributed by atoms with van der Waals surface area (Å²) in [5.74, 6) is 0. The van der Waals surface area contributed by atoms with Gasteiger partial charge < -0.3 is 4.74 Å². The Kier molecular flexibility index (Phi) is 4.51. The number of ether oxygens (including phenoxy) is 1. The van der Waals surface area contributed by atoms with Crippen LogP contribution in [0.5, 0.6) is 0 Å². The van der Waals surface area contributed by atoms with Crippen LogP contribution in [0.3, 0.4) is 0 Å². The molecule has 1 atom stereocenters. The van der Waals surface area contributed by atoms with Crippen molar-refractivity contribution in [2.45, 2.75) is 38.8 Å². The first-order valence-corrected chi connectivity index (χ1v) is 7.86. The number of hydrogen-bond donors (Lipinski definition) is 0. The van der Waals surface area contributed by atoms with Crippen molar-refractivity contribution in [3.63, 3.8) is 0 Å². The molecule has 1 saturated heterocycles. The van der Waals surface area contributed by atoms with E-state index in [0.29, 0.717) is 6.04 Å². The number of fused-ring (bicyclic) bond motifs is 1. The minimum atomic E-state index is 0.553. The molecular formula is C18H24N2O. The van der Waals surface area contributed by atoms with Crippen LogP contribution in [0.1, 0.15) is 30.4 Å². The Labute approximate surface area is 126 Å². The van der Waals surface area contributed by atoms with Crippen molar-refractivity contribution in [1.29, 1.82) is 0 Å². The lowest BCUT2D eigenvalue weighted by Crippen LogP contribution is -2.41. The molecule has 3 nitrogen and oxygen atoms in total. The maximum Gasteiger partial charge on any atom is 0.0734 e. The lowest BCUT2D eigenvalue weighted by molar-refractivity contribution is 0.0603. The maximum absolute atomic E-state index is 5.40. The van der Waals surface area contributed by atoms with Crippen LogP contribution in [-0.2, 0) is 11.3 Å². The summed E-state index contributed by atoms with van der Waals surface area (Å²) in [6, 6.07) is 9.24. The van der Waals surface area contributed by atoms with Crippen LogP contribution in [0.25, 0.3) is 10.9 Å². The van der Waals surface area contributed by atoms with Crippen LogP contribution in [0.2, 0.25) is 0 Å². The van der Waals surface area contributed by atoms with Crippen molar-refractivity contribution in [2.24, 2.45) is 0 Å². The zero-order valence-corrected chi connectivity index (χ0v) is 13.0. The minimum absolute atomic E-state index is 0.553. The van der Waals surface area contributed by atoms with E-state index >= 15 is 0 Å². The van der Waals surface area contributed by atoms with Gasteiger partial charge in [-0.2, -0.15) is 0 Å². The van der Waals surface area contributed by atoms with Gasteiger partial charge in [-0.3, -0.25) is 9.88 Å². The molecule has 0 unspecified atom stereocenters. The highest BCUT2D eigenvalue weighted by Crippen LogP contribution is 2.25. The monoisotopic (exact) mass is 284 g/mol. The molecule has 1 aliphatic rings. The van der Waals surface area contributed by atoms with E-state index in [2.05, 4.69) is 35.0 Å². The fourth-order valence-corrected chi connectivity index (χ4v) is 3.38. The Bertz CT molecular complexity index is 609. The van der Waals surface area contributed by atoms with Gasteiger partial charge in [-0.25, -0.2) is 0 Å². The standard InChI is InChI=1S/C18H24N2O/c1-14-8-9-15(17-7-5-10-19-18(14)17)12-20-11-4-3-6-16(20)13-21-2/h5,7-10,16H,3-4,6,11-13H2,1-2H3/t16-/m1/s1. The van der Waals surface area contributed by atoms with Gasteiger partial charge in [0, 0.05) is 31.3 Å². The first-order valence-electron chi connectivity index (χ1n) is 7.86. The number of hydrogen-bond acceptors (Lipinski definition) is 3. The Morgan fingerprint density at radius 2 is 2.19 bits per heavy atom. The van der Waals surface area contributed by atoms with Gasteiger partial charge in [0.2, 0.25) is 0 Å². The van der Waals surface area contributed by atoms with Crippen LogP contribution in [-0.4, -0.2) is 36.2 Å². The predicted molar refractivity (Wildman–Crippen MR) is 86.4 cm³/mol. The lowest BCUT2D eigenvalue weighted by atomic mass is 9.99. The molecular weight excluding hydrogens is 260 g/mol.